The van der Waals surface area contributed by atoms with Crippen LogP contribution in [0.5, 0.6) is 11.5 Å². The third-order valence-corrected chi connectivity index (χ3v) is 3.78. The lowest BCUT2D eigenvalue weighted by Crippen LogP contribution is -1.99. The monoisotopic (exact) mass is 384 g/mol. The van der Waals surface area contributed by atoms with Crippen LogP contribution in [0.15, 0.2) is 58.5 Å². The van der Waals surface area contributed by atoms with Crippen LogP contribution in [0.4, 0.5) is 11.4 Å². The molecule has 0 bridgehead atoms. The average Bonchev–Trinajstić information content (AvgIpc) is 2.67. The van der Waals surface area contributed by atoms with Crippen LogP contribution in [0.2, 0.25) is 0 Å². The lowest BCUT2D eigenvalue weighted by Gasteiger charge is -2.07. The van der Waals surface area contributed by atoms with E-state index < -0.39 is 0 Å². The van der Waals surface area contributed by atoms with Gasteiger partial charge < -0.3 is 9.47 Å². The van der Waals surface area contributed by atoms with Gasteiger partial charge in [-0.3, -0.25) is 0 Å². The molecule has 0 atom stereocenters. The Balaban J connectivity index is 1.52. The molecule has 0 aliphatic rings. The highest BCUT2D eigenvalue weighted by Crippen LogP contribution is 2.19. The Morgan fingerprint density at radius 1 is 0.615 bits per heavy atom. The molecule has 0 amide bonds. The van der Waals surface area contributed by atoms with Crippen LogP contribution in [-0.4, -0.2) is 23.5 Å². The van der Waals surface area contributed by atoms with Crippen LogP contribution in [0.1, 0.15) is 25.7 Å². The molecule has 0 aromatic heterocycles. The minimum absolute atomic E-state index is 0.707. The standard InChI is InChI=1S/C20H20N2O2S2/c25-15-21-17-5-9-19(10-6-17)23-13-3-1-2-4-14-24-20-11-7-18(8-12-20)22-16-26/h5-12H,1-4,13-14H2. The van der Waals surface area contributed by atoms with Gasteiger partial charge >= 0.3 is 0 Å². The predicted octanol–water partition coefficient (Wildman–Crippen LogP) is 6.17. The fourth-order valence-electron chi connectivity index (χ4n) is 2.28. The minimum Gasteiger partial charge on any atom is -0.494 e. The zero-order chi connectivity index (χ0) is 18.5. The lowest BCUT2D eigenvalue weighted by atomic mass is 10.2. The molecule has 2 aromatic carbocycles. The SMILES string of the molecule is S=C=Nc1ccc(OCCCCCCOc2ccc(N=C=S)cc2)cc1. The molecule has 0 spiro atoms. The largest absolute Gasteiger partial charge is 0.494 e. The Bertz CT molecular complexity index is 696. The van der Waals surface area contributed by atoms with Gasteiger partial charge in [0.25, 0.3) is 0 Å². The highest BCUT2D eigenvalue weighted by Gasteiger charge is 1.97. The quantitative estimate of drug-likeness (QED) is 0.264. The maximum atomic E-state index is 5.71. The van der Waals surface area contributed by atoms with Crippen molar-refractivity contribution < 1.29 is 9.47 Å². The van der Waals surface area contributed by atoms with Crippen molar-refractivity contribution in [1.82, 2.24) is 0 Å². The number of ether oxygens (including phenoxy) is 2. The van der Waals surface area contributed by atoms with Gasteiger partial charge in [-0.05, 0) is 98.6 Å². The maximum Gasteiger partial charge on any atom is 0.119 e. The average molecular weight is 385 g/mol. The van der Waals surface area contributed by atoms with Crippen LogP contribution in [0.25, 0.3) is 0 Å². The first kappa shape index (κ1) is 20.0. The van der Waals surface area contributed by atoms with Crippen molar-refractivity contribution in [1.29, 1.82) is 0 Å². The number of hydrogen-bond acceptors (Lipinski definition) is 6. The number of thiocarbonyl (C=S) groups is 2. The van der Waals surface area contributed by atoms with Crippen molar-refractivity contribution in [2.75, 3.05) is 13.2 Å². The van der Waals surface area contributed by atoms with Gasteiger partial charge in [0.15, 0.2) is 0 Å². The normalized spacial score (nSPS) is 9.69. The van der Waals surface area contributed by atoms with Crippen LogP contribution < -0.4 is 9.47 Å². The molecule has 2 rings (SSSR count). The van der Waals surface area contributed by atoms with Gasteiger partial charge in [0.2, 0.25) is 0 Å². The molecule has 0 aliphatic carbocycles. The summed E-state index contributed by atoms with van der Waals surface area (Å²) in [5.74, 6) is 1.69. The molecule has 134 valence electrons. The van der Waals surface area contributed by atoms with Gasteiger partial charge in [0.05, 0.1) is 34.9 Å². The number of rotatable bonds is 11. The Labute approximate surface area is 164 Å². The van der Waals surface area contributed by atoms with Crippen molar-refractivity contribution in [3.8, 4) is 11.5 Å². The van der Waals surface area contributed by atoms with E-state index in [-0.39, 0.29) is 0 Å². The molecule has 0 N–H and O–H groups in total. The molecule has 0 radical (unpaired) electrons. The van der Waals surface area contributed by atoms with Gasteiger partial charge in [-0.25, -0.2) is 0 Å². The summed E-state index contributed by atoms with van der Waals surface area (Å²) in [6.07, 6.45) is 4.26. The third-order valence-electron chi connectivity index (χ3n) is 3.60. The first-order valence-corrected chi connectivity index (χ1v) is 9.25. The second kappa shape index (κ2) is 12.1. The number of aliphatic imine (C=N–C) groups is 2. The second-order valence-electron chi connectivity index (χ2n) is 5.51. The summed E-state index contributed by atoms with van der Waals surface area (Å²) in [6, 6.07) is 15.0. The Hall–Kier alpha value is -2.36. The zero-order valence-electron chi connectivity index (χ0n) is 14.4. The molecule has 0 saturated carbocycles. The summed E-state index contributed by atoms with van der Waals surface area (Å²) < 4.78 is 11.4. The molecule has 2 aromatic rings. The van der Waals surface area contributed by atoms with Gasteiger partial charge in [-0.15, -0.1) is 0 Å². The van der Waals surface area contributed by atoms with Crippen molar-refractivity contribution >= 4 is 46.1 Å². The van der Waals surface area contributed by atoms with E-state index in [2.05, 4.69) is 44.7 Å². The maximum absolute atomic E-state index is 5.71. The molecule has 0 saturated heterocycles. The third kappa shape index (κ3) is 7.68. The summed E-state index contributed by atoms with van der Waals surface area (Å²) in [7, 11) is 0. The number of unbranched alkanes of at least 4 members (excludes halogenated alkanes) is 3. The smallest absolute Gasteiger partial charge is 0.119 e. The summed E-state index contributed by atoms with van der Waals surface area (Å²) in [4.78, 5) is 7.81. The van der Waals surface area contributed by atoms with Gasteiger partial charge in [0.1, 0.15) is 11.5 Å². The minimum atomic E-state index is 0.707. The topological polar surface area (TPSA) is 43.2 Å². The molecular weight excluding hydrogens is 364 g/mol. The molecule has 0 aliphatic heterocycles. The van der Waals surface area contributed by atoms with E-state index in [1.807, 2.05) is 48.5 Å². The van der Waals surface area contributed by atoms with E-state index in [9.17, 15) is 0 Å². The van der Waals surface area contributed by atoms with Crippen LogP contribution in [0, 0.1) is 0 Å². The Morgan fingerprint density at radius 2 is 1.00 bits per heavy atom. The summed E-state index contributed by atoms with van der Waals surface area (Å²) in [6.45, 7) is 1.41. The van der Waals surface area contributed by atoms with E-state index in [0.29, 0.717) is 13.2 Å². The Kier molecular flexibility index (Phi) is 9.26. The predicted molar refractivity (Wildman–Crippen MR) is 112 cm³/mol. The first-order chi connectivity index (χ1) is 12.8. The van der Waals surface area contributed by atoms with E-state index in [0.717, 1.165) is 48.6 Å². The molecule has 6 heteroatoms. The number of isothiocyanates is 2. The number of nitrogens with zero attached hydrogens (tertiary/aromatic N) is 2. The molecule has 0 heterocycles. The second-order valence-corrected chi connectivity index (χ2v) is 5.87. The van der Waals surface area contributed by atoms with Gasteiger partial charge in [-0.1, -0.05) is 0 Å². The molecule has 26 heavy (non-hydrogen) atoms. The summed E-state index contributed by atoms with van der Waals surface area (Å²) in [5, 5.41) is 4.69. The van der Waals surface area contributed by atoms with Crippen molar-refractivity contribution in [2.45, 2.75) is 25.7 Å². The fraction of sp³-hybridized carbons (Fsp3) is 0.300. The van der Waals surface area contributed by atoms with Crippen LogP contribution in [0.3, 0.4) is 0 Å². The number of benzene rings is 2. The van der Waals surface area contributed by atoms with Crippen molar-refractivity contribution in [2.24, 2.45) is 9.98 Å². The molecule has 0 fully saturated rings. The van der Waals surface area contributed by atoms with E-state index in [1.54, 1.807) is 0 Å². The highest BCUT2D eigenvalue weighted by atomic mass is 32.1. The van der Waals surface area contributed by atoms with Gasteiger partial charge in [-0.2, -0.15) is 9.98 Å². The molecule has 4 nitrogen and oxygen atoms in total. The fourth-order valence-corrected chi connectivity index (χ4v) is 2.49. The first-order valence-electron chi connectivity index (χ1n) is 8.43. The van der Waals surface area contributed by atoms with E-state index in [4.69, 9.17) is 9.47 Å². The summed E-state index contributed by atoms with van der Waals surface area (Å²) >= 11 is 9.14. The molecular formula is C20H20N2O2S2. The molecule has 0 unspecified atom stereocenters. The van der Waals surface area contributed by atoms with Gasteiger partial charge in [0, 0.05) is 0 Å². The zero-order valence-corrected chi connectivity index (χ0v) is 16.0. The highest BCUT2D eigenvalue weighted by molar-refractivity contribution is 7.78. The van der Waals surface area contributed by atoms with Crippen LogP contribution in [-0.2, 0) is 0 Å². The van der Waals surface area contributed by atoms with Crippen molar-refractivity contribution in [3.05, 3.63) is 48.5 Å². The van der Waals surface area contributed by atoms with Crippen molar-refractivity contribution in [3.63, 3.8) is 0 Å². The van der Waals surface area contributed by atoms with Crippen LogP contribution >= 0.6 is 24.4 Å². The Morgan fingerprint density at radius 3 is 1.35 bits per heavy atom. The number of hydrogen-bond donors (Lipinski definition) is 0. The van der Waals surface area contributed by atoms with E-state index >= 15 is 0 Å². The lowest BCUT2D eigenvalue weighted by molar-refractivity contribution is 0.287. The summed E-state index contributed by atoms with van der Waals surface area (Å²) in [5.41, 5.74) is 1.57. The van der Waals surface area contributed by atoms with E-state index in [1.165, 1.54) is 0 Å².